The molecule has 0 saturated carbocycles. The molecule has 0 aromatic rings. The number of rotatable bonds is 3. The third kappa shape index (κ3) is 4.70. The molecule has 0 aliphatic rings. The number of hydrogen-bond donors (Lipinski definition) is 1. The van der Waals surface area contributed by atoms with E-state index in [1.54, 1.807) is 0 Å². The summed E-state index contributed by atoms with van der Waals surface area (Å²) in [6.07, 6.45) is 0. The summed E-state index contributed by atoms with van der Waals surface area (Å²) in [6, 6.07) is 0. The van der Waals surface area contributed by atoms with Crippen molar-refractivity contribution in [3.63, 3.8) is 0 Å². The molecule has 0 amide bonds. The minimum absolute atomic E-state index is 0. The van der Waals surface area contributed by atoms with Crippen LogP contribution < -0.4 is 0 Å². The Bertz CT molecular complexity index is 117. The van der Waals surface area contributed by atoms with Gasteiger partial charge in [0, 0.05) is 7.11 Å². The van der Waals surface area contributed by atoms with E-state index in [1.165, 1.54) is 0 Å². The van der Waals surface area contributed by atoms with Crippen LogP contribution in [0.5, 0.6) is 0 Å². The molecule has 0 aliphatic heterocycles. The number of ether oxygens (including phenoxy) is 1. The van der Waals surface area contributed by atoms with Crippen molar-refractivity contribution < 1.29 is 23.4 Å². The first kappa shape index (κ1) is 13.5. The van der Waals surface area contributed by atoms with Crippen molar-refractivity contribution in [3.8, 4) is 0 Å². The summed E-state index contributed by atoms with van der Waals surface area (Å²) in [7, 11) is 1.01. The van der Waals surface area contributed by atoms with Gasteiger partial charge in [-0.3, -0.25) is 0 Å². The van der Waals surface area contributed by atoms with Crippen molar-refractivity contribution in [2.45, 2.75) is 5.92 Å². The fourth-order valence-electron chi connectivity index (χ4n) is 0.243. The fourth-order valence-corrected chi connectivity index (χ4v) is 0.243. The molecule has 0 spiro atoms. The van der Waals surface area contributed by atoms with Crippen LogP contribution in [0.1, 0.15) is 0 Å². The third-order valence-electron chi connectivity index (χ3n) is 0.639. The van der Waals surface area contributed by atoms with Crippen LogP contribution in [0, 0.1) is 0 Å². The number of carboxylic acid groups (broad SMARTS) is 1. The van der Waals surface area contributed by atoms with Crippen molar-refractivity contribution >= 4 is 57.4 Å². The van der Waals surface area contributed by atoms with E-state index in [9.17, 15) is 13.6 Å². The van der Waals surface area contributed by atoms with Gasteiger partial charge in [0.25, 0.3) is 0 Å². The molecular formula is C4H7F2KO3. The molecule has 0 bridgehead atoms. The van der Waals surface area contributed by atoms with Gasteiger partial charge < -0.3 is 9.84 Å². The molecule has 0 heterocycles. The monoisotopic (exact) mass is 180 g/mol. The quantitative estimate of drug-likeness (QED) is 0.607. The van der Waals surface area contributed by atoms with Gasteiger partial charge in [-0.05, 0) is 0 Å². The average molecular weight is 180 g/mol. The van der Waals surface area contributed by atoms with Gasteiger partial charge in [-0.15, -0.1) is 0 Å². The SMILES string of the molecule is COCC(F)(F)C(=O)O.[KH]. The molecule has 56 valence electrons. The first-order valence-corrected chi connectivity index (χ1v) is 2.11. The molecule has 0 aromatic heterocycles. The van der Waals surface area contributed by atoms with Gasteiger partial charge in [0.05, 0.1) is 0 Å². The molecule has 0 atom stereocenters. The van der Waals surface area contributed by atoms with E-state index in [0.717, 1.165) is 7.11 Å². The van der Waals surface area contributed by atoms with Crippen molar-refractivity contribution in [1.29, 1.82) is 0 Å². The zero-order valence-electron chi connectivity index (χ0n) is 4.73. The van der Waals surface area contributed by atoms with Crippen molar-refractivity contribution in [3.05, 3.63) is 0 Å². The van der Waals surface area contributed by atoms with E-state index in [0.29, 0.717) is 0 Å². The molecular weight excluding hydrogens is 173 g/mol. The second-order valence-electron chi connectivity index (χ2n) is 1.44. The molecule has 0 unspecified atom stereocenters. The molecule has 0 aliphatic carbocycles. The molecule has 0 saturated heterocycles. The number of carbonyl (C=O) groups is 1. The number of halogens is 2. The summed E-state index contributed by atoms with van der Waals surface area (Å²) < 4.78 is 27.6. The van der Waals surface area contributed by atoms with Crippen LogP contribution >= 0.6 is 0 Å². The number of alkyl halides is 2. The topological polar surface area (TPSA) is 46.5 Å². The van der Waals surface area contributed by atoms with Crippen LogP contribution in [0.25, 0.3) is 0 Å². The van der Waals surface area contributed by atoms with Gasteiger partial charge in [-0.25, -0.2) is 4.79 Å². The van der Waals surface area contributed by atoms with E-state index in [-0.39, 0.29) is 51.4 Å². The molecule has 6 heteroatoms. The van der Waals surface area contributed by atoms with Gasteiger partial charge in [0.1, 0.15) is 6.61 Å². The molecule has 0 radical (unpaired) electrons. The van der Waals surface area contributed by atoms with Crippen molar-refractivity contribution in [2.24, 2.45) is 0 Å². The zero-order valence-corrected chi connectivity index (χ0v) is 4.73. The molecule has 1 N–H and O–H groups in total. The third-order valence-corrected chi connectivity index (χ3v) is 0.639. The van der Waals surface area contributed by atoms with Crippen LogP contribution in [-0.4, -0.2) is 82.1 Å². The molecule has 3 nitrogen and oxygen atoms in total. The van der Waals surface area contributed by atoms with Crippen LogP contribution in [-0.2, 0) is 9.53 Å². The predicted molar refractivity (Wildman–Crippen MR) is 31.6 cm³/mol. The Kier molecular flexibility index (Phi) is 7.51. The van der Waals surface area contributed by atoms with E-state index < -0.39 is 18.5 Å². The van der Waals surface area contributed by atoms with Crippen LogP contribution in [0.15, 0.2) is 0 Å². The Morgan fingerprint density at radius 3 is 2.20 bits per heavy atom. The summed E-state index contributed by atoms with van der Waals surface area (Å²) in [5.74, 6) is -5.92. The Morgan fingerprint density at radius 2 is 2.10 bits per heavy atom. The first-order valence-electron chi connectivity index (χ1n) is 2.11. The van der Waals surface area contributed by atoms with Gasteiger partial charge in [0.15, 0.2) is 0 Å². The summed E-state index contributed by atoms with van der Waals surface area (Å²) >= 11 is 0. The van der Waals surface area contributed by atoms with Gasteiger partial charge >= 0.3 is 63.3 Å². The normalized spacial score (nSPS) is 10.3. The van der Waals surface area contributed by atoms with E-state index in [2.05, 4.69) is 4.74 Å². The number of hydrogen-bond acceptors (Lipinski definition) is 2. The van der Waals surface area contributed by atoms with Crippen LogP contribution in [0.2, 0.25) is 0 Å². The van der Waals surface area contributed by atoms with Gasteiger partial charge in [-0.1, -0.05) is 0 Å². The second kappa shape index (κ2) is 5.56. The first-order chi connectivity index (χ1) is 4.00. The van der Waals surface area contributed by atoms with Crippen molar-refractivity contribution in [2.75, 3.05) is 13.7 Å². The molecule has 0 fully saturated rings. The average Bonchev–Trinajstić information content (AvgIpc) is 1.65. The predicted octanol–water partition coefficient (Wildman–Crippen LogP) is -0.296. The van der Waals surface area contributed by atoms with Crippen LogP contribution in [0.3, 0.4) is 0 Å². The second-order valence-corrected chi connectivity index (χ2v) is 1.44. The molecule has 0 rings (SSSR count). The zero-order chi connectivity index (χ0) is 7.49. The summed E-state index contributed by atoms with van der Waals surface area (Å²) in [5.41, 5.74) is 0. The maximum absolute atomic E-state index is 11.8. The molecule has 10 heavy (non-hydrogen) atoms. The number of methoxy groups -OCH3 is 1. The standard InChI is InChI=1S/C4H6F2O3.K.H/c1-9-2-4(5,6)3(7)8;;/h2H2,1H3,(H,7,8);;. The Morgan fingerprint density at radius 1 is 1.70 bits per heavy atom. The summed E-state index contributed by atoms with van der Waals surface area (Å²) in [5, 5.41) is 7.74. The van der Waals surface area contributed by atoms with Crippen LogP contribution in [0.4, 0.5) is 8.78 Å². The van der Waals surface area contributed by atoms with E-state index >= 15 is 0 Å². The maximum atomic E-state index is 11.8. The molecule has 0 aromatic carbocycles. The Labute approximate surface area is 99.2 Å². The number of aliphatic carboxylic acids is 1. The van der Waals surface area contributed by atoms with Gasteiger partial charge in [0.2, 0.25) is 0 Å². The van der Waals surface area contributed by atoms with Gasteiger partial charge in [-0.2, -0.15) is 8.78 Å². The summed E-state index contributed by atoms with van der Waals surface area (Å²) in [6.45, 7) is -1.08. The minimum atomic E-state index is -3.76. The Balaban J connectivity index is 0. The van der Waals surface area contributed by atoms with E-state index in [4.69, 9.17) is 5.11 Å². The number of carboxylic acids is 1. The van der Waals surface area contributed by atoms with E-state index in [1.807, 2.05) is 0 Å². The van der Waals surface area contributed by atoms with Crippen molar-refractivity contribution in [1.82, 2.24) is 0 Å². The fraction of sp³-hybridized carbons (Fsp3) is 0.750. The Hall–Kier alpha value is 0.926. The summed E-state index contributed by atoms with van der Waals surface area (Å²) in [4.78, 5) is 9.58.